The van der Waals surface area contributed by atoms with Gasteiger partial charge >= 0.3 is 0 Å². The number of alkyl halides is 1. The first kappa shape index (κ1) is 13.1. The largest absolute Gasteiger partial charge is 0.337 e. The number of aromatic nitrogens is 5. The van der Waals surface area contributed by atoms with E-state index in [9.17, 15) is 0 Å². The van der Waals surface area contributed by atoms with Crippen LogP contribution in [0, 0.1) is 13.8 Å². The highest BCUT2D eigenvalue weighted by Crippen LogP contribution is 2.25. The molecule has 0 aliphatic carbocycles. The number of imidazole rings is 1. The first-order valence-electron chi connectivity index (χ1n) is 6.31. The third-order valence-corrected chi connectivity index (χ3v) is 3.28. The van der Waals surface area contributed by atoms with Crippen molar-refractivity contribution in [2.24, 2.45) is 0 Å². The number of aryl methyl sites for hydroxylation is 2. The van der Waals surface area contributed by atoms with Gasteiger partial charge in [-0.2, -0.15) is 4.98 Å². The number of halogens is 1. The van der Waals surface area contributed by atoms with Gasteiger partial charge in [-0.05, 0) is 32.4 Å². The summed E-state index contributed by atoms with van der Waals surface area (Å²) in [4.78, 5) is 13.2. The van der Waals surface area contributed by atoms with E-state index in [2.05, 4.69) is 20.1 Å². The number of pyridine rings is 1. The Balaban J connectivity index is 2.16. The predicted octanol–water partition coefficient (Wildman–Crippen LogP) is 2.78. The van der Waals surface area contributed by atoms with Crippen LogP contribution < -0.4 is 0 Å². The van der Waals surface area contributed by atoms with E-state index >= 15 is 0 Å². The summed E-state index contributed by atoms with van der Waals surface area (Å²) in [7, 11) is 0. The van der Waals surface area contributed by atoms with E-state index < -0.39 is 0 Å². The number of hydrogen-bond donors (Lipinski definition) is 0. The summed E-state index contributed by atoms with van der Waals surface area (Å²) < 4.78 is 7.09. The molecule has 3 aromatic rings. The average Bonchev–Trinajstić information content (AvgIpc) is 2.96. The molecular weight excluding hydrogens is 278 g/mol. The molecule has 1 atom stereocenters. The van der Waals surface area contributed by atoms with Crippen LogP contribution in [0.2, 0.25) is 0 Å². The monoisotopic (exact) mass is 291 g/mol. The van der Waals surface area contributed by atoms with Crippen LogP contribution in [-0.2, 0) is 6.54 Å². The molecule has 0 aromatic carbocycles. The van der Waals surface area contributed by atoms with Gasteiger partial charge in [-0.25, -0.2) is 9.97 Å². The van der Waals surface area contributed by atoms with Crippen molar-refractivity contribution in [3.05, 3.63) is 35.4 Å². The van der Waals surface area contributed by atoms with Gasteiger partial charge in [-0.1, -0.05) is 5.16 Å². The van der Waals surface area contributed by atoms with E-state index in [0.29, 0.717) is 18.3 Å². The molecule has 3 heterocycles. The number of hydrogen-bond acceptors (Lipinski definition) is 5. The second kappa shape index (κ2) is 4.86. The summed E-state index contributed by atoms with van der Waals surface area (Å²) in [5.41, 5.74) is 2.70. The molecule has 0 N–H and O–H groups in total. The Morgan fingerprint density at radius 1 is 1.35 bits per heavy atom. The summed E-state index contributed by atoms with van der Waals surface area (Å²) in [6.45, 7) is 6.08. The molecule has 0 aliphatic rings. The van der Waals surface area contributed by atoms with Crippen molar-refractivity contribution >= 4 is 22.8 Å². The van der Waals surface area contributed by atoms with E-state index in [1.54, 1.807) is 13.1 Å². The molecule has 7 heteroatoms. The Morgan fingerprint density at radius 2 is 2.15 bits per heavy atom. The van der Waals surface area contributed by atoms with Crippen LogP contribution in [0.5, 0.6) is 0 Å². The smallest absolute Gasteiger partial charge is 0.246 e. The van der Waals surface area contributed by atoms with Crippen LogP contribution in [0.4, 0.5) is 0 Å². The quantitative estimate of drug-likeness (QED) is 0.694. The fraction of sp³-hybridized carbons (Fsp3) is 0.385. The molecule has 0 fully saturated rings. The van der Waals surface area contributed by atoms with E-state index in [4.69, 9.17) is 16.1 Å². The van der Waals surface area contributed by atoms with Gasteiger partial charge in [0.25, 0.3) is 0 Å². The van der Waals surface area contributed by atoms with Crippen molar-refractivity contribution < 1.29 is 4.52 Å². The lowest BCUT2D eigenvalue weighted by Crippen LogP contribution is -2.06. The predicted molar refractivity (Wildman–Crippen MR) is 74.7 cm³/mol. The molecular formula is C13H14ClN5O. The second-order valence-electron chi connectivity index (χ2n) is 4.71. The number of nitrogens with zero attached hydrogens (tertiary/aromatic N) is 5. The lowest BCUT2D eigenvalue weighted by molar-refractivity contribution is 0.367. The topological polar surface area (TPSA) is 69.6 Å². The maximum Gasteiger partial charge on any atom is 0.246 e. The molecule has 6 nitrogen and oxygen atoms in total. The van der Waals surface area contributed by atoms with Crippen molar-refractivity contribution in [2.45, 2.75) is 32.7 Å². The van der Waals surface area contributed by atoms with Crippen molar-refractivity contribution in [3.8, 4) is 0 Å². The minimum Gasteiger partial charge on any atom is -0.337 e. The van der Waals surface area contributed by atoms with Gasteiger partial charge in [-0.3, -0.25) is 0 Å². The van der Waals surface area contributed by atoms with Gasteiger partial charge < -0.3 is 9.09 Å². The first-order valence-corrected chi connectivity index (χ1v) is 6.75. The zero-order chi connectivity index (χ0) is 14.3. The zero-order valence-corrected chi connectivity index (χ0v) is 12.2. The van der Waals surface area contributed by atoms with Crippen LogP contribution in [-0.4, -0.2) is 24.7 Å². The molecule has 0 saturated carbocycles. The molecule has 3 rings (SSSR count). The Hall–Kier alpha value is -1.95. The van der Waals surface area contributed by atoms with Gasteiger partial charge in [0.1, 0.15) is 17.9 Å². The minimum absolute atomic E-state index is 0.229. The van der Waals surface area contributed by atoms with Crippen molar-refractivity contribution in [2.75, 3.05) is 0 Å². The van der Waals surface area contributed by atoms with Gasteiger partial charge in [0.15, 0.2) is 11.5 Å². The molecule has 0 bridgehead atoms. The first-order chi connectivity index (χ1) is 9.56. The molecule has 0 amide bonds. The molecule has 104 valence electrons. The van der Waals surface area contributed by atoms with Crippen LogP contribution in [0.1, 0.15) is 35.4 Å². The maximum absolute atomic E-state index is 6.23. The molecule has 20 heavy (non-hydrogen) atoms. The molecule has 0 aliphatic heterocycles. The summed E-state index contributed by atoms with van der Waals surface area (Å²) in [5.74, 6) is 1.87. The highest BCUT2D eigenvalue weighted by molar-refractivity contribution is 6.20. The van der Waals surface area contributed by atoms with Crippen LogP contribution >= 0.6 is 11.6 Å². The van der Waals surface area contributed by atoms with Crippen LogP contribution in [0.15, 0.2) is 16.8 Å². The van der Waals surface area contributed by atoms with Crippen LogP contribution in [0.25, 0.3) is 11.2 Å². The molecule has 3 aromatic heterocycles. The number of rotatable bonds is 3. The highest BCUT2D eigenvalue weighted by Gasteiger charge is 2.18. The Bertz CT molecular complexity index is 761. The minimum atomic E-state index is -0.229. The fourth-order valence-electron chi connectivity index (χ4n) is 2.15. The summed E-state index contributed by atoms with van der Waals surface area (Å²) in [6.07, 6.45) is 1.76. The third kappa shape index (κ3) is 2.16. The van der Waals surface area contributed by atoms with Crippen molar-refractivity contribution in [1.82, 2.24) is 24.7 Å². The lowest BCUT2D eigenvalue weighted by atomic mass is 10.3. The normalized spacial score (nSPS) is 13.0. The number of fused-ring (bicyclic) bond motifs is 1. The van der Waals surface area contributed by atoms with Gasteiger partial charge in [0, 0.05) is 6.20 Å². The van der Waals surface area contributed by atoms with E-state index in [0.717, 1.165) is 22.6 Å². The molecule has 0 saturated heterocycles. The van der Waals surface area contributed by atoms with E-state index in [-0.39, 0.29) is 5.38 Å². The molecule has 0 radical (unpaired) electrons. The highest BCUT2D eigenvalue weighted by atomic mass is 35.5. The molecule has 0 spiro atoms. The Morgan fingerprint density at radius 3 is 2.80 bits per heavy atom. The summed E-state index contributed by atoms with van der Waals surface area (Å²) >= 11 is 6.23. The van der Waals surface area contributed by atoms with Crippen molar-refractivity contribution in [3.63, 3.8) is 0 Å². The SMILES string of the molecule is Cc1noc(Cn2c(C(C)Cl)nc3c(C)ccnc32)n1. The average molecular weight is 292 g/mol. The standard InChI is InChI=1S/C13H14ClN5O/c1-7-4-5-15-13-11(7)17-12(8(2)14)19(13)6-10-16-9(3)18-20-10/h4-5,8H,6H2,1-3H3. The second-order valence-corrected chi connectivity index (χ2v) is 5.36. The van der Waals surface area contributed by atoms with E-state index in [1.165, 1.54) is 0 Å². The third-order valence-electron chi connectivity index (χ3n) is 3.08. The summed E-state index contributed by atoms with van der Waals surface area (Å²) in [6, 6.07) is 1.93. The molecule has 1 unspecified atom stereocenters. The van der Waals surface area contributed by atoms with Gasteiger partial charge in [0.05, 0.1) is 5.38 Å². The summed E-state index contributed by atoms with van der Waals surface area (Å²) in [5, 5.41) is 3.57. The Labute approximate surface area is 120 Å². The van der Waals surface area contributed by atoms with Gasteiger partial charge in [0.2, 0.25) is 5.89 Å². The van der Waals surface area contributed by atoms with Crippen molar-refractivity contribution in [1.29, 1.82) is 0 Å². The van der Waals surface area contributed by atoms with Gasteiger partial charge in [-0.15, -0.1) is 11.6 Å². The zero-order valence-electron chi connectivity index (χ0n) is 11.5. The maximum atomic E-state index is 6.23. The lowest BCUT2D eigenvalue weighted by Gasteiger charge is -2.06. The van der Waals surface area contributed by atoms with Crippen LogP contribution in [0.3, 0.4) is 0 Å². The fourth-order valence-corrected chi connectivity index (χ4v) is 2.32. The van der Waals surface area contributed by atoms with E-state index in [1.807, 2.05) is 24.5 Å². The Kier molecular flexibility index (Phi) is 3.17.